The molecule has 1 aliphatic rings. The van der Waals surface area contributed by atoms with Crippen molar-refractivity contribution >= 4 is 0 Å². The Morgan fingerprint density at radius 2 is 1.50 bits per heavy atom. The van der Waals surface area contributed by atoms with Crippen molar-refractivity contribution in [2.75, 3.05) is 20.1 Å². The van der Waals surface area contributed by atoms with Crippen LogP contribution in [0.1, 0.15) is 12.8 Å². The summed E-state index contributed by atoms with van der Waals surface area (Å²) >= 11 is 0. The summed E-state index contributed by atoms with van der Waals surface area (Å²) in [6, 6.07) is 0. The van der Waals surface area contributed by atoms with Crippen LogP contribution in [0.4, 0.5) is 0 Å². The maximum atomic E-state index is 2.36. The lowest BCUT2D eigenvalue weighted by Gasteiger charge is -2.01. The smallest absolute Gasteiger partial charge is 0.00213 e. The summed E-state index contributed by atoms with van der Waals surface area (Å²) in [5, 5.41) is 0. The summed E-state index contributed by atoms with van der Waals surface area (Å²) in [4.78, 5) is 2.36. The molecule has 5 N–H and O–H groups in total. The van der Waals surface area contributed by atoms with Crippen molar-refractivity contribution in [3.63, 3.8) is 0 Å². The van der Waals surface area contributed by atoms with E-state index in [1.165, 1.54) is 25.9 Å². The van der Waals surface area contributed by atoms with Gasteiger partial charge in [0, 0.05) is 0 Å². The van der Waals surface area contributed by atoms with E-state index >= 15 is 0 Å². The van der Waals surface area contributed by atoms with E-state index in [1.54, 1.807) is 0 Å². The summed E-state index contributed by atoms with van der Waals surface area (Å²) in [5.41, 5.74) is 0. The molecule has 1 heterocycles. The van der Waals surface area contributed by atoms with Crippen molar-refractivity contribution in [2.45, 2.75) is 12.8 Å². The van der Waals surface area contributed by atoms with Crippen LogP contribution in [0.3, 0.4) is 0 Å². The van der Waals surface area contributed by atoms with Gasteiger partial charge in [0.05, 0.1) is 0 Å². The van der Waals surface area contributed by atoms with Crippen LogP contribution in [0, 0.1) is 0 Å². The third-order valence-electron chi connectivity index (χ3n) is 1.33. The van der Waals surface area contributed by atoms with E-state index in [0.29, 0.717) is 0 Å². The van der Waals surface area contributed by atoms with Gasteiger partial charge in [-0.25, -0.2) is 0 Å². The summed E-state index contributed by atoms with van der Waals surface area (Å²) in [7, 11) is 2.17. The van der Waals surface area contributed by atoms with Crippen LogP contribution in [-0.2, 0) is 0 Å². The molecule has 0 bridgehead atoms. The number of likely N-dealkylation sites (tertiary alicyclic amines) is 1. The number of rotatable bonds is 0. The number of hydrogen-bond acceptors (Lipinski definition) is 2. The van der Waals surface area contributed by atoms with E-state index in [0.717, 1.165) is 0 Å². The van der Waals surface area contributed by atoms with Gasteiger partial charge < -0.3 is 16.5 Å². The highest BCUT2D eigenvalue weighted by molar-refractivity contribution is 4.59. The van der Waals surface area contributed by atoms with Crippen molar-refractivity contribution in [1.29, 1.82) is 0 Å². The second kappa shape index (κ2) is 5.03. The zero-order chi connectivity index (χ0) is 4.41. The minimum Gasteiger partial charge on any atom is -0.412 e. The molecule has 8 heavy (non-hydrogen) atoms. The van der Waals surface area contributed by atoms with E-state index in [-0.39, 0.29) is 11.6 Å². The van der Waals surface area contributed by atoms with Crippen LogP contribution < -0.4 is 6.15 Å². The third-order valence-corrected chi connectivity index (χ3v) is 1.33. The van der Waals surface area contributed by atoms with Crippen LogP contribution in [-0.4, -0.2) is 30.5 Å². The van der Waals surface area contributed by atoms with E-state index in [4.69, 9.17) is 0 Å². The minimum absolute atomic E-state index is 0. The van der Waals surface area contributed by atoms with Crippen molar-refractivity contribution in [3.8, 4) is 0 Å². The molecule has 52 valence electrons. The van der Waals surface area contributed by atoms with Crippen molar-refractivity contribution in [1.82, 2.24) is 11.1 Å². The van der Waals surface area contributed by atoms with Gasteiger partial charge >= 0.3 is 0 Å². The Balaban J connectivity index is 0. The molecule has 0 amide bonds. The fourth-order valence-corrected chi connectivity index (χ4v) is 0.875. The Bertz CT molecular complexity index is 43.7. The molecule has 1 rings (SSSR count). The molecule has 0 unspecified atom stereocenters. The molecule has 0 aliphatic carbocycles. The molecular formula is C5H16N2O. The van der Waals surface area contributed by atoms with E-state index in [9.17, 15) is 0 Å². The molecule has 1 aliphatic heterocycles. The molecule has 0 saturated carbocycles. The quantitative estimate of drug-likeness (QED) is 0.490. The SMILES string of the molecule is CN1CCCC1.N.O. The van der Waals surface area contributed by atoms with E-state index < -0.39 is 0 Å². The molecule has 1 saturated heterocycles. The Labute approximate surface area is 50.6 Å². The first kappa shape index (κ1) is 10.8. The van der Waals surface area contributed by atoms with Gasteiger partial charge in [-0.1, -0.05) is 0 Å². The first-order valence-corrected chi connectivity index (χ1v) is 2.58. The third kappa shape index (κ3) is 2.96. The Morgan fingerprint density at radius 1 is 1.12 bits per heavy atom. The molecule has 1 fully saturated rings. The predicted molar refractivity (Wildman–Crippen MR) is 35.4 cm³/mol. The lowest BCUT2D eigenvalue weighted by Crippen LogP contribution is -2.10. The number of hydrogen-bond donors (Lipinski definition) is 1. The van der Waals surface area contributed by atoms with E-state index in [1.807, 2.05) is 0 Å². The molecule has 0 aromatic carbocycles. The van der Waals surface area contributed by atoms with Gasteiger partial charge in [-0.3, -0.25) is 0 Å². The van der Waals surface area contributed by atoms with Gasteiger partial charge in [0.25, 0.3) is 0 Å². The van der Waals surface area contributed by atoms with Crippen LogP contribution in [0.5, 0.6) is 0 Å². The summed E-state index contributed by atoms with van der Waals surface area (Å²) in [6.45, 7) is 2.64. The van der Waals surface area contributed by atoms with Crippen molar-refractivity contribution in [2.24, 2.45) is 0 Å². The standard InChI is InChI=1S/C5H11N.H3N.H2O/c1-6-4-2-3-5-6;;/h2-5H2,1H3;1H3;1H2. The zero-order valence-corrected chi connectivity index (χ0v) is 5.48. The van der Waals surface area contributed by atoms with Crippen LogP contribution in [0.25, 0.3) is 0 Å². The largest absolute Gasteiger partial charge is 0.412 e. The first-order valence-electron chi connectivity index (χ1n) is 2.58. The fraction of sp³-hybridized carbons (Fsp3) is 1.00. The highest BCUT2D eigenvalue weighted by Gasteiger charge is 2.03. The normalized spacial score (nSPS) is 19.1. The molecule has 0 radical (unpaired) electrons. The van der Waals surface area contributed by atoms with Gasteiger partial charge in [-0.2, -0.15) is 0 Å². The summed E-state index contributed by atoms with van der Waals surface area (Å²) < 4.78 is 0. The molecule has 0 spiro atoms. The van der Waals surface area contributed by atoms with Gasteiger partial charge in [0.15, 0.2) is 0 Å². The maximum Gasteiger partial charge on any atom is -0.00213 e. The first-order chi connectivity index (χ1) is 2.89. The highest BCUT2D eigenvalue weighted by Crippen LogP contribution is 2.01. The predicted octanol–water partition coefficient (Wildman–Crippen LogP) is 0.0493. The van der Waals surface area contributed by atoms with Gasteiger partial charge in [-0.15, -0.1) is 0 Å². The molecule has 0 atom stereocenters. The van der Waals surface area contributed by atoms with Gasteiger partial charge in [-0.05, 0) is 33.0 Å². The lowest BCUT2D eigenvalue weighted by molar-refractivity contribution is 0.418. The molecule has 3 heteroatoms. The second-order valence-electron chi connectivity index (χ2n) is 2.01. The minimum atomic E-state index is 0. The van der Waals surface area contributed by atoms with Crippen LogP contribution in [0.2, 0.25) is 0 Å². The molecule has 3 nitrogen and oxygen atoms in total. The Kier molecular flexibility index (Phi) is 6.78. The Hall–Kier alpha value is -0.120. The second-order valence-corrected chi connectivity index (χ2v) is 2.01. The molecule has 0 aromatic heterocycles. The van der Waals surface area contributed by atoms with Crippen molar-refractivity contribution in [3.05, 3.63) is 0 Å². The topological polar surface area (TPSA) is 69.7 Å². The van der Waals surface area contributed by atoms with E-state index in [2.05, 4.69) is 11.9 Å². The average Bonchev–Trinajstić information content (AvgIpc) is 1.86. The van der Waals surface area contributed by atoms with Crippen molar-refractivity contribution < 1.29 is 5.48 Å². The summed E-state index contributed by atoms with van der Waals surface area (Å²) in [6.07, 6.45) is 2.83. The average molecular weight is 120 g/mol. The van der Waals surface area contributed by atoms with Crippen LogP contribution >= 0.6 is 0 Å². The van der Waals surface area contributed by atoms with Crippen LogP contribution in [0.15, 0.2) is 0 Å². The lowest BCUT2D eigenvalue weighted by atomic mass is 10.4. The molecule has 0 aromatic rings. The monoisotopic (exact) mass is 120 g/mol. The Morgan fingerprint density at radius 3 is 1.62 bits per heavy atom. The summed E-state index contributed by atoms with van der Waals surface area (Å²) in [5.74, 6) is 0. The zero-order valence-electron chi connectivity index (χ0n) is 5.48. The van der Waals surface area contributed by atoms with Gasteiger partial charge in [0.2, 0.25) is 0 Å². The number of nitrogens with zero attached hydrogens (tertiary/aromatic N) is 1. The maximum absolute atomic E-state index is 2.36. The van der Waals surface area contributed by atoms with Gasteiger partial charge in [0.1, 0.15) is 0 Å². The fourth-order valence-electron chi connectivity index (χ4n) is 0.875. The molecular weight excluding hydrogens is 104 g/mol. The highest BCUT2D eigenvalue weighted by atomic mass is 16.0.